The third-order valence-corrected chi connectivity index (χ3v) is 2.44. The van der Waals surface area contributed by atoms with E-state index >= 15 is 0 Å². The monoisotopic (exact) mass is 238 g/mol. The Balaban J connectivity index is 2.59. The van der Waals surface area contributed by atoms with Crippen LogP contribution in [0.15, 0.2) is 24.3 Å². The molecule has 3 nitrogen and oxygen atoms in total. The zero-order valence-electron chi connectivity index (χ0n) is 8.21. The number of nitrogens with zero attached hydrogens (tertiary/aromatic N) is 1. The second-order valence-corrected chi connectivity index (χ2v) is 3.81. The van der Waals surface area contributed by atoms with Crippen LogP contribution in [-0.4, -0.2) is 10.9 Å². The van der Waals surface area contributed by atoms with Gasteiger partial charge in [-0.15, -0.1) is 0 Å². The van der Waals surface area contributed by atoms with E-state index in [-0.39, 0.29) is 12.2 Å². The van der Waals surface area contributed by atoms with E-state index in [0.29, 0.717) is 21.6 Å². The van der Waals surface area contributed by atoms with Gasteiger partial charge in [-0.05, 0) is 24.3 Å². The summed E-state index contributed by atoms with van der Waals surface area (Å²) in [6.07, 6.45) is 0.0209. The summed E-state index contributed by atoms with van der Waals surface area (Å²) < 4.78 is 13.0. The maximum Gasteiger partial charge on any atom is 0.223 e. The normalized spacial score (nSPS) is 10.6. The fourth-order valence-corrected chi connectivity index (χ4v) is 1.75. The lowest BCUT2D eigenvalue weighted by Gasteiger charge is -2.03. The van der Waals surface area contributed by atoms with E-state index in [1.807, 2.05) is 0 Å². The number of rotatable bonds is 2. The highest BCUT2D eigenvalue weighted by molar-refractivity contribution is 6.35. The average molecular weight is 239 g/mol. The second kappa shape index (κ2) is 4.06. The predicted octanol–water partition coefficient (Wildman–Crippen LogP) is 2.06. The first-order valence-corrected chi connectivity index (χ1v) is 4.97. The summed E-state index contributed by atoms with van der Waals surface area (Å²) >= 11 is 5.96. The molecule has 0 atom stereocenters. The molecular weight excluding hydrogens is 231 g/mol. The molecule has 2 aromatic rings. The van der Waals surface area contributed by atoms with E-state index in [4.69, 9.17) is 17.3 Å². The molecule has 0 fully saturated rings. The zero-order valence-corrected chi connectivity index (χ0v) is 8.96. The number of nitrogens with two attached hydrogens (primary N) is 1. The number of halogens is 2. The highest BCUT2D eigenvalue weighted by Gasteiger charge is 2.07. The lowest BCUT2D eigenvalue weighted by molar-refractivity contribution is -0.117. The maximum atomic E-state index is 13.0. The Hall–Kier alpha value is -1.68. The van der Waals surface area contributed by atoms with Gasteiger partial charge in [0, 0.05) is 5.39 Å². The van der Waals surface area contributed by atoms with E-state index < -0.39 is 5.91 Å². The molecule has 82 valence electrons. The Labute approximate surface area is 96.0 Å². The molecule has 0 spiro atoms. The highest BCUT2D eigenvalue weighted by atomic mass is 35.5. The molecule has 1 heterocycles. The van der Waals surface area contributed by atoms with Crippen LogP contribution in [0.3, 0.4) is 0 Å². The number of pyridine rings is 1. The van der Waals surface area contributed by atoms with Crippen molar-refractivity contribution in [3.63, 3.8) is 0 Å². The molecule has 0 aliphatic carbocycles. The number of aromatic nitrogens is 1. The summed E-state index contributed by atoms with van der Waals surface area (Å²) in [6.45, 7) is 0. The number of hydrogen-bond donors (Lipinski definition) is 1. The number of hydrogen-bond acceptors (Lipinski definition) is 2. The molecule has 2 N–H and O–H groups in total. The van der Waals surface area contributed by atoms with Gasteiger partial charge < -0.3 is 5.73 Å². The predicted molar refractivity (Wildman–Crippen MR) is 59.6 cm³/mol. The Morgan fingerprint density at radius 2 is 2.19 bits per heavy atom. The minimum atomic E-state index is -0.481. The Morgan fingerprint density at radius 3 is 2.88 bits per heavy atom. The van der Waals surface area contributed by atoms with Crippen molar-refractivity contribution in [1.82, 2.24) is 4.98 Å². The summed E-state index contributed by atoms with van der Waals surface area (Å²) in [5.74, 6) is -0.858. The smallest absolute Gasteiger partial charge is 0.223 e. The van der Waals surface area contributed by atoms with Crippen LogP contribution in [0.4, 0.5) is 4.39 Å². The van der Waals surface area contributed by atoms with Gasteiger partial charge in [-0.1, -0.05) is 11.6 Å². The summed E-state index contributed by atoms with van der Waals surface area (Å²) in [7, 11) is 0. The van der Waals surface area contributed by atoms with Crippen molar-refractivity contribution in [2.24, 2.45) is 5.73 Å². The van der Waals surface area contributed by atoms with Crippen molar-refractivity contribution >= 4 is 28.4 Å². The number of carbonyl (C=O) groups is 1. The third-order valence-electron chi connectivity index (χ3n) is 2.13. The van der Waals surface area contributed by atoms with Gasteiger partial charge in [-0.2, -0.15) is 0 Å². The zero-order chi connectivity index (χ0) is 11.7. The Kier molecular flexibility index (Phi) is 2.75. The molecule has 2 rings (SSSR count). The van der Waals surface area contributed by atoms with Gasteiger partial charge in [0.2, 0.25) is 5.91 Å². The largest absolute Gasteiger partial charge is 0.369 e. The van der Waals surface area contributed by atoms with Gasteiger partial charge in [-0.3, -0.25) is 9.78 Å². The van der Waals surface area contributed by atoms with Crippen LogP contribution in [0.2, 0.25) is 5.02 Å². The minimum Gasteiger partial charge on any atom is -0.369 e. The molecular formula is C11H8ClFN2O. The Bertz CT molecular complexity index is 571. The van der Waals surface area contributed by atoms with E-state index in [2.05, 4.69) is 4.98 Å². The van der Waals surface area contributed by atoms with Gasteiger partial charge in [0.05, 0.1) is 22.7 Å². The van der Waals surface area contributed by atoms with Gasteiger partial charge in [0.15, 0.2) is 0 Å². The Morgan fingerprint density at radius 1 is 1.44 bits per heavy atom. The van der Waals surface area contributed by atoms with Crippen molar-refractivity contribution in [3.05, 3.63) is 40.8 Å². The van der Waals surface area contributed by atoms with Crippen LogP contribution in [0.1, 0.15) is 5.69 Å². The van der Waals surface area contributed by atoms with Crippen LogP contribution in [0, 0.1) is 5.82 Å². The SMILES string of the molecule is NC(=O)Cc1cc(Cl)c2cc(F)ccc2n1. The first kappa shape index (κ1) is 10.8. The lowest BCUT2D eigenvalue weighted by Crippen LogP contribution is -2.14. The van der Waals surface area contributed by atoms with Crippen LogP contribution in [0.25, 0.3) is 10.9 Å². The fraction of sp³-hybridized carbons (Fsp3) is 0.0909. The van der Waals surface area contributed by atoms with Gasteiger partial charge in [-0.25, -0.2) is 4.39 Å². The minimum absolute atomic E-state index is 0.0209. The number of carbonyl (C=O) groups excluding carboxylic acids is 1. The van der Waals surface area contributed by atoms with Crippen LogP contribution >= 0.6 is 11.6 Å². The van der Waals surface area contributed by atoms with Gasteiger partial charge in [0.25, 0.3) is 0 Å². The quantitative estimate of drug-likeness (QED) is 0.871. The van der Waals surface area contributed by atoms with Gasteiger partial charge >= 0.3 is 0 Å². The van der Waals surface area contributed by atoms with Crippen molar-refractivity contribution in [2.45, 2.75) is 6.42 Å². The molecule has 1 aromatic carbocycles. The van der Waals surface area contributed by atoms with Crippen LogP contribution in [0.5, 0.6) is 0 Å². The van der Waals surface area contributed by atoms with E-state index in [1.54, 1.807) is 0 Å². The van der Waals surface area contributed by atoms with Crippen LogP contribution in [-0.2, 0) is 11.2 Å². The van der Waals surface area contributed by atoms with Crippen molar-refractivity contribution in [1.29, 1.82) is 0 Å². The van der Waals surface area contributed by atoms with E-state index in [9.17, 15) is 9.18 Å². The molecule has 0 aliphatic heterocycles. The third kappa shape index (κ3) is 2.12. The average Bonchev–Trinajstić information content (AvgIpc) is 2.18. The first-order chi connectivity index (χ1) is 7.56. The first-order valence-electron chi connectivity index (χ1n) is 4.59. The molecule has 0 unspecified atom stereocenters. The molecule has 5 heteroatoms. The van der Waals surface area contributed by atoms with E-state index in [1.165, 1.54) is 24.3 Å². The molecule has 0 aliphatic rings. The number of primary amides is 1. The second-order valence-electron chi connectivity index (χ2n) is 3.40. The van der Waals surface area contributed by atoms with Crippen LogP contribution < -0.4 is 5.73 Å². The standard InChI is InChI=1S/C11H8ClFN2O/c12-9-4-7(5-11(14)16)15-10-2-1-6(13)3-8(9)10/h1-4H,5H2,(H2,14,16). The molecule has 0 bridgehead atoms. The van der Waals surface area contributed by atoms with Crippen molar-refractivity contribution in [2.75, 3.05) is 0 Å². The van der Waals surface area contributed by atoms with E-state index in [0.717, 1.165) is 0 Å². The van der Waals surface area contributed by atoms with Crippen molar-refractivity contribution in [3.8, 4) is 0 Å². The van der Waals surface area contributed by atoms with Gasteiger partial charge in [0.1, 0.15) is 5.82 Å². The number of benzene rings is 1. The number of fused-ring (bicyclic) bond motifs is 1. The number of amides is 1. The molecule has 0 saturated carbocycles. The molecule has 0 radical (unpaired) electrons. The summed E-state index contributed by atoms with van der Waals surface area (Å²) in [5.41, 5.74) is 6.09. The topological polar surface area (TPSA) is 56.0 Å². The highest BCUT2D eigenvalue weighted by Crippen LogP contribution is 2.24. The summed E-state index contributed by atoms with van der Waals surface area (Å²) in [4.78, 5) is 14.9. The molecule has 0 saturated heterocycles. The maximum absolute atomic E-state index is 13.0. The fourth-order valence-electron chi connectivity index (χ4n) is 1.48. The molecule has 1 amide bonds. The molecule has 16 heavy (non-hydrogen) atoms. The van der Waals surface area contributed by atoms with Crippen molar-refractivity contribution < 1.29 is 9.18 Å². The molecule has 1 aromatic heterocycles. The summed E-state index contributed by atoms with van der Waals surface area (Å²) in [6, 6.07) is 5.63. The summed E-state index contributed by atoms with van der Waals surface area (Å²) in [5, 5.41) is 0.885. The lowest BCUT2D eigenvalue weighted by atomic mass is 10.1.